The van der Waals surface area contributed by atoms with Gasteiger partial charge in [-0.3, -0.25) is 0 Å². The highest BCUT2D eigenvalue weighted by molar-refractivity contribution is 6.81. The highest BCUT2D eigenvalue weighted by atomic mass is 16.3. The molecule has 2 aromatic heterocycles. The Morgan fingerprint density at radius 2 is 1.95 bits per heavy atom. The summed E-state index contributed by atoms with van der Waals surface area (Å²) < 4.78 is 8.16. The fourth-order valence-corrected chi connectivity index (χ4v) is 3.34. The van der Waals surface area contributed by atoms with Gasteiger partial charge in [0.05, 0.1) is 5.69 Å². The third-order valence-electron chi connectivity index (χ3n) is 4.42. The molecule has 0 unspecified atom stereocenters. The van der Waals surface area contributed by atoms with Crippen molar-refractivity contribution < 1.29 is 8.98 Å². The number of nitrogens with zero attached hydrogens (tertiary/aromatic N) is 2. The van der Waals surface area contributed by atoms with Crippen LogP contribution in [0, 0.1) is 6.92 Å². The van der Waals surface area contributed by atoms with Crippen LogP contribution in [0.3, 0.4) is 0 Å². The number of aryl methyl sites for hydroxylation is 2. The minimum atomic E-state index is 0.208. The second-order valence-corrected chi connectivity index (χ2v) is 5.97. The second kappa shape index (κ2) is 4.77. The Labute approximate surface area is 130 Å². The molecule has 4 heteroatoms. The van der Waals surface area contributed by atoms with Gasteiger partial charge in [-0.25, -0.2) is 4.57 Å². The lowest BCUT2D eigenvalue weighted by atomic mass is 9.55. The zero-order valence-electron chi connectivity index (χ0n) is 13.1. The van der Waals surface area contributed by atoms with E-state index in [1.165, 1.54) is 22.2 Å². The van der Waals surface area contributed by atoms with E-state index in [1.807, 2.05) is 12.1 Å². The number of pyridine rings is 1. The lowest BCUT2D eigenvalue weighted by Gasteiger charge is -2.26. The zero-order valence-corrected chi connectivity index (χ0v) is 13.1. The molecule has 108 valence electrons. The topological polar surface area (TPSA) is 20.3 Å². The molecule has 0 amide bonds. The first-order chi connectivity index (χ1) is 10.6. The van der Waals surface area contributed by atoms with E-state index in [4.69, 9.17) is 4.42 Å². The Kier molecular flexibility index (Phi) is 2.86. The monoisotopic (exact) mass is 289 g/mol. The van der Waals surface area contributed by atoms with Crippen LogP contribution >= 0.6 is 0 Å². The lowest BCUT2D eigenvalue weighted by Crippen LogP contribution is -2.60. The molecule has 0 radical (unpaired) electrons. The third-order valence-corrected chi connectivity index (χ3v) is 4.42. The third kappa shape index (κ3) is 1.87. The minimum Gasteiger partial charge on any atom is -0.455 e. The van der Waals surface area contributed by atoms with Crippen molar-refractivity contribution in [2.45, 2.75) is 6.92 Å². The van der Waals surface area contributed by atoms with Crippen LogP contribution in [0.15, 0.2) is 53.0 Å². The first kappa shape index (κ1) is 13.2. The quantitative estimate of drug-likeness (QED) is 0.506. The fourth-order valence-electron chi connectivity index (χ4n) is 3.34. The molecule has 22 heavy (non-hydrogen) atoms. The number of rotatable bonds is 1. The SMILES string of the molecule is Cc1ccc(B2C=Cc3oc4ccccc4c3N2C)[n+](C)c1. The van der Waals surface area contributed by atoms with E-state index in [9.17, 15) is 0 Å². The van der Waals surface area contributed by atoms with E-state index in [0.29, 0.717) is 0 Å². The van der Waals surface area contributed by atoms with Gasteiger partial charge in [0.25, 0.3) is 0 Å². The number of aromatic nitrogens is 1. The molecule has 0 saturated carbocycles. The Hall–Kier alpha value is -2.49. The van der Waals surface area contributed by atoms with Crippen LogP contribution in [0.25, 0.3) is 17.0 Å². The number of para-hydroxylation sites is 1. The highest BCUT2D eigenvalue weighted by Crippen LogP contribution is 2.36. The van der Waals surface area contributed by atoms with Crippen LogP contribution in [-0.2, 0) is 7.05 Å². The Morgan fingerprint density at radius 3 is 2.77 bits per heavy atom. The van der Waals surface area contributed by atoms with Gasteiger partial charge in [-0.2, -0.15) is 0 Å². The molecule has 0 aliphatic carbocycles. The molecular formula is C18H18BN2O+. The minimum absolute atomic E-state index is 0.208. The number of benzene rings is 1. The molecule has 1 aliphatic rings. The summed E-state index contributed by atoms with van der Waals surface area (Å²) in [4.78, 5) is 2.30. The number of hydrogen-bond acceptors (Lipinski definition) is 2. The summed E-state index contributed by atoms with van der Waals surface area (Å²) in [7, 11) is 4.24. The standard InChI is InChI=1S/C18H18BN2O/c1-13-8-9-17(20(2)12-13)19-11-10-16-18(21(19)3)14-6-4-5-7-15(14)22-16/h4-12H,1-3H3/q+1. The van der Waals surface area contributed by atoms with E-state index in [2.05, 4.69) is 72.9 Å². The van der Waals surface area contributed by atoms with Crippen molar-refractivity contribution in [3.05, 3.63) is 59.9 Å². The van der Waals surface area contributed by atoms with Crippen molar-refractivity contribution in [1.29, 1.82) is 0 Å². The highest BCUT2D eigenvalue weighted by Gasteiger charge is 2.34. The molecule has 3 nitrogen and oxygen atoms in total. The van der Waals surface area contributed by atoms with E-state index >= 15 is 0 Å². The molecule has 0 atom stereocenters. The van der Waals surface area contributed by atoms with Crippen molar-refractivity contribution in [2.75, 3.05) is 11.9 Å². The molecule has 3 heterocycles. The van der Waals surface area contributed by atoms with Crippen molar-refractivity contribution >= 4 is 35.2 Å². The van der Waals surface area contributed by atoms with E-state index in [-0.39, 0.29) is 6.85 Å². The van der Waals surface area contributed by atoms with Crippen molar-refractivity contribution in [3.8, 4) is 0 Å². The fraction of sp³-hybridized carbons (Fsp3) is 0.167. The Morgan fingerprint density at radius 1 is 1.14 bits per heavy atom. The normalized spacial score (nSPS) is 13.8. The largest absolute Gasteiger partial charge is 0.455 e. The summed E-state index contributed by atoms with van der Waals surface area (Å²) in [5.41, 5.74) is 4.64. The first-order valence-corrected chi connectivity index (χ1v) is 7.54. The smallest absolute Gasteiger partial charge is 0.396 e. The van der Waals surface area contributed by atoms with Crippen LogP contribution in [0.5, 0.6) is 0 Å². The molecule has 0 spiro atoms. The van der Waals surface area contributed by atoms with Gasteiger partial charge in [0.2, 0.25) is 0 Å². The Bertz CT molecular complexity index is 897. The van der Waals surface area contributed by atoms with Crippen molar-refractivity contribution in [3.63, 3.8) is 0 Å². The van der Waals surface area contributed by atoms with Crippen LogP contribution < -0.4 is 15.0 Å². The number of anilines is 1. The summed E-state index contributed by atoms with van der Waals surface area (Å²) in [5, 5.41) is 1.17. The number of fused-ring (bicyclic) bond motifs is 3. The van der Waals surface area contributed by atoms with Gasteiger partial charge in [0.1, 0.15) is 18.4 Å². The molecule has 1 aromatic carbocycles. The van der Waals surface area contributed by atoms with Gasteiger partial charge in [-0.15, -0.1) is 0 Å². The second-order valence-electron chi connectivity index (χ2n) is 5.97. The zero-order chi connectivity index (χ0) is 15.3. The van der Waals surface area contributed by atoms with Gasteiger partial charge in [-0.1, -0.05) is 18.1 Å². The Balaban J connectivity index is 1.86. The molecule has 3 aromatic rings. The summed E-state index contributed by atoms with van der Waals surface area (Å²) in [6.45, 7) is 2.32. The number of furan rings is 1. The molecule has 0 N–H and O–H groups in total. The predicted molar refractivity (Wildman–Crippen MR) is 91.4 cm³/mol. The maximum absolute atomic E-state index is 5.96. The molecule has 0 fully saturated rings. The lowest BCUT2D eigenvalue weighted by molar-refractivity contribution is -0.654. The summed E-state index contributed by atoms with van der Waals surface area (Å²) in [5.74, 6) is 3.14. The molecule has 0 bridgehead atoms. The van der Waals surface area contributed by atoms with Gasteiger partial charge in [0.15, 0.2) is 11.8 Å². The molecule has 4 rings (SSSR count). The average molecular weight is 289 g/mol. The van der Waals surface area contributed by atoms with Crippen molar-refractivity contribution in [1.82, 2.24) is 0 Å². The van der Waals surface area contributed by atoms with Crippen LogP contribution in [0.4, 0.5) is 5.69 Å². The van der Waals surface area contributed by atoms with Gasteiger partial charge >= 0.3 is 6.85 Å². The molecule has 1 aliphatic heterocycles. The average Bonchev–Trinajstić information content (AvgIpc) is 2.88. The first-order valence-electron chi connectivity index (χ1n) is 7.54. The van der Waals surface area contributed by atoms with E-state index < -0.39 is 0 Å². The maximum Gasteiger partial charge on any atom is 0.396 e. The van der Waals surface area contributed by atoms with E-state index in [1.54, 1.807) is 0 Å². The van der Waals surface area contributed by atoms with Gasteiger partial charge in [-0.05, 0) is 44.3 Å². The number of hydrogen-bond donors (Lipinski definition) is 0. The predicted octanol–water partition coefficient (Wildman–Crippen LogP) is 2.47. The van der Waals surface area contributed by atoms with Gasteiger partial charge in [0, 0.05) is 10.9 Å². The van der Waals surface area contributed by atoms with Crippen LogP contribution in [0.2, 0.25) is 0 Å². The maximum atomic E-state index is 5.96. The molecule has 0 saturated heterocycles. The molecular weight excluding hydrogens is 271 g/mol. The summed E-state index contributed by atoms with van der Waals surface area (Å²) in [6.07, 6.45) is 4.26. The summed E-state index contributed by atoms with van der Waals surface area (Å²) in [6, 6.07) is 12.6. The van der Waals surface area contributed by atoms with Gasteiger partial charge < -0.3 is 9.23 Å². The summed E-state index contributed by atoms with van der Waals surface area (Å²) >= 11 is 0. The van der Waals surface area contributed by atoms with Crippen LogP contribution in [0.1, 0.15) is 11.3 Å². The van der Waals surface area contributed by atoms with E-state index in [0.717, 1.165) is 11.3 Å². The van der Waals surface area contributed by atoms with Crippen LogP contribution in [-0.4, -0.2) is 13.9 Å². The van der Waals surface area contributed by atoms with Crippen molar-refractivity contribution in [2.24, 2.45) is 7.05 Å².